The van der Waals surface area contributed by atoms with E-state index in [4.69, 9.17) is 0 Å². The minimum Gasteiger partial charge on any atom is -0.338 e. The molecule has 2 fully saturated rings. The van der Waals surface area contributed by atoms with Gasteiger partial charge in [-0.15, -0.1) is 10.2 Å². The van der Waals surface area contributed by atoms with Crippen LogP contribution in [-0.2, 0) is 0 Å². The molecule has 5 rings (SSSR count). The Hall–Kier alpha value is -2.74. The molecule has 0 spiro atoms. The van der Waals surface area contributed by atoms with Crippen molar-refractivity contribution in [1.82, 2.24) is 29.5 Å². The number of fused-ring (bicyclic) bond motifs is 1. The van der Waals surface area contributed by atoms with E-state index in [1.807, 2.05) is 30.5 Å². The SMILES string of the molecule is c1cnc(N2CCN(C3CN(c4nnc5ccccn45)C3)CC2)nc1. The van der Waals surface area contributed by atoms with Crippen molar-refractivity contribution in [3.8, 4) is 0 Å². The summed E-state index contributed by atoms with van der Waals surface area (Å²) in [4.78, 5) is 15.8. The van der Waals surface area contributed by atoms with Crippen molar-refractivity contribution in [2.45, 2.75) is 6.04 Å². The van der Waals surface area contributed by atoms with Crippen LogP contribution in [0.5, 0.6) is 0 Å². The lowest BCUT2D eigenvalue weighted by atomic mass is 10.1. The topological polar surface area (TPSA) is 65.7 Å². The van der Waals surface area contributed by atoms with Gasteiger partial charge in [0.1, 0.15) is 0 Å². The Labute approximate surface area is 145 Å². The van der Waals surface area contributed by atoms with Crippen molar-refractivity contribution < 1.29 is 0 Å². The van der Waals surface area contributed by atoms with Crippen molar-refractivity contribution in [3.05, 3.63) is 42.9 Å². The van der Waals surface area contributed by atoms with E-state index in [0.29, 0.717) is 6.04 Å². The van der Waals surface area contributed by atoms with Crippen LogP contribution in [0.4, 0.5) is 11.9 Å². The summed E-state index contributed by atoms with van der Waals surface area (Å²) in [7, 11) is 0. The van der Waals surface area contributed by atoms with Gasteiger partial charge in [-0.05, 0) is 18.2 Å². The first-order chi connectivity index (χ1) is 12.4. The van der Waals surface area contributed by atoms with Gasteiger partial charge in [-0.25, -0.2) is 9.97 Å². The summed E-state index contributed by atoms with van der Waals surface area (Å²) >= 11 is 0. The normalized spacial score (nSPS) is 19.4. The molecule has 128 valence electrons. The summed E-state index contributed by atoms with van der Waals surface area (Å²) in [5.41, 5.74) is 0.900. The molecule has 0 atom stereocenters. The third kappa shape index (κ3) is 2.58. The first-order valence-corrected chi connectivity index (χ1v) is 8.69. The predicted molar refractivity (Wildman–Crippen MR) is 94.8 cm³/mol. The van der Waals surface area contributed by atoms with E-state index >= 15 is 0 Å². The molecule has 0 radical (unpaired) electrons. The first kappa shape index (κ1) is 14.6. The van der Waals surface area contributed by atoms with Crippen molar-refractivity contribution in [3.63, 3.8) is 0 Å². The van der Waals surface area contributed by atoms with Crippen LogP contribution in [0.1, 0.15) is 0 Å². The molecule has 0 amide bonds. The molecule has 8 heteroatoms. The zero-order valence-electron chi connectivity index (χ0n) is 13.9. The lowest BCUT2D eigenvalue weighted by molar-refractivity contribution is 0.155. The second kappa shape index (κ2) is 5.96. The Morgan fingerprint density at radius 3 is 2.44 bits per heavy atom. The highest BCUT2D eigenvalue weighted by Gasteiger charge is 2.35. The van der Waals surface area contributed by atoms with Crippen LogP contribution < -0.4 is 9.80 Å². The van der Waals surface area contributed by atoms with Gasteiger partial charge in [0.2, 0.25) is 11.9 Å². The Kier molecular flexibility index (Phi) is 3.48. The van der Waals surface area contributed by atoms with Gasteiger partial charge in [0.25, 0.3) is 0 Å². The molecule has 0 bridgehead atoms. The number of aromatic nitrogens is 5. The van der Waals surface area contributed by atoms with E-state index in [9.17, 15) is 0 Å². The van der Waals surface area contributed by atoms with Crippen LogP contribution in [0, 0.1) is 0 Å². The van der Waals surface area contributed by atoms with Crippen LogP contribution in [0.3, 0.4) is 0 Å². The Morgan fingerprint density at radius 2 is 1.64 bits per heavy atom. The van der Waals surface area contributed by atoms with Gasteiger partial charge in [0.05, 0.1) is 0 Å². The zero-order valence-corrected chi connectivity index (χ0v) is 13.9. The minimum atomic E-state index is 0.593. The minimum absolute atomic E-state index is 0.593. The monoisotopic (exact) mass is 336 g/mol. The van der Waals surface area contributed by atoms with Crippen LogP contribution in [-0.4, -0.2) is 74.8 Å². The molecule has 0 saturated carbocycles. The molecule has 0 N–H and O–H groups in total. The van der Waals surface area contributed by atoms with Crippen LogP contribution in [0.15, 0.2) is 42.9 Å². The Morgan fingerprint density at radius 1 is 0.840 bits per heavy atom. The number of piperazine rings is 1. The van der Waals surface area contributed by atoms with E-state index in [-0.39, 0.29) is 0 Å². The van der Waals surface area contributed by atoms with Crippen molar-refractivity contribution in [2.75, 3.05) is 49.1 Å². The predicted octanol–water partition coefficient (Wildman–Crippen LogP) is 0.530. The fourth-order valence-electron chi connectivity index (χ4n) is 3.64. The lowest BCUT2D eigenvalue weighted by Crippen LogP contribution is -2.63. The van der Waals surface area contributed by atoms with Gasteiger partial charge < -0.3 is 9.80 Å². The number of rotatable bonds is 3. The summed E-state index contributed by atoms with van der Waals surface area (Å²) in [6.07, 6.45) is 5.64. The Balaban J connectivity index is 1.19. The average molecular weight is 336 g/mol. The smallest absolute Gasteiger partial charge is 0.231 e. The third-order valence-electron chi connectivity index (χ3n) is 5.11. The largest absolute Gasteiger partial charge is 0.338 e. The molecule has 0 aromatic carbocycles. The highest BCUT2D eigenvalue weighted by molar-refractivity contribution is 5.48. The van der Waals surface area contributed by atoms with E-state index in [2.05, 4.69) is 39.3 Å². The molecule has 2 aliphatic rings. The van der Waals surface area contributed by atoms with Crippen LogP contribution >= 0.6 is 0 Å². The quantitative estimate of drug-likeness (QED) is 0.691. The van der Waals surface area contributed by atoms with E-state index in [0.717, 1.165) is 56.8 Å². The second-order valence-corrected chi connectivity index (χ2v) is 6.56. The number of hydrogen-bond donors (Lipinski definition) is 0. The van der Waals surface area contributed by atoms with Gasteiger partial charge in [-0.1, -0.05) is 6.07 Å². The summed E-state index contributed by atoms with van der Waals surface area (Å²) in [6, 6.07) is 8.44. The molecule has 3 aromatic heterocycles. The van der Waals surface area contributed by atoms with Gasteiger partial charge in [0.15, 0.2) is 5.65 Å². The molecule has 8 nitrogen and oxygen atoms in total. The number of anilines is 2. The van der Waals surface area contributed by atoms with Crippen molar-refractivity contribution in [1.29, 1.82) is 0 Å². The molecular formula is C17H20N8. The molecule has 5 heterocycles. The van der Waals surface area contributed by atoms with Crippen molar-refractivity contribution in [2.24, 2.45) is 0 Å². The zero-order chi connectivity index (χ0) is 16.6. The molecule has 2 saturated heterocycles. The molecule has 3 aromatic rings. The third-order valence-corrected chi connectivity index (χ3v) is 5.11. The summed E-state index contributed by atoms with van der Waals surface area (Å²) < 4.78 is 2.06. The van der Waals surface area contributed by atoms with Gasteiger partial charge in [-0.2, -0.15) is 0 Å². The van der Waals surface area contributed by atoms with E-state index in [1.165, 1.54) is 0 Å². The number of nitrogens with zero attached hydrogens (tertiary/aromatic N) is 8. The van der Waals surface area contributed by atoms with Crippen molar-refractivity contribution >= 4 is 17.5 Å². The Bertz CT molecular complexity index is 849. The molecule has 25 heavy (non-hydrogen) atoms. The second-order valence-electron chi connectivity index (χ2n) is 6.56. The van der Waals surface area contributed by atoms with Gasteiger partial charge >= 0.3 is 0 Å². The summed E-state index contributed by atoms with van der Waals surface area (Å²) in [5, 5.41) is 8.58. The standard InChI is InChI=1S/C17H20N8/c1-2-7-25-15(4-1)20-21-17(25)24-12-14(13-24)22-8-10-23(11-9-22)16-18-5-3-6-19-16/h1-7,14H,8-13H2. The van der Waals surface area contributed by atoms with Crippen LogP contribution in [0.25, 0.3) is 5.65 Å². The maximum absolute atomic E-state index is 4.35. The fourth-order valence-corrected chi connectivity index (χ4v) is 3.64. The number of hydrogen-bond acceptors (Lipinski definition) is 7. The average Bonchev–Trinajstić information content (AvgIpc) is 3.06. The van der Waals surface area contributed by atoms with E-state index < -0.39 is 0 Å². The van der Waals surface area contributed by atoms with Gasteiger partial charge in [-0.3, -0.25) is 9.30 Å². The highest BCUT2D eigenvalue weighted by Crippen LogP contribution is 2.24. The summed E-state index contributed by atoms with van der Waals surface area (Å²) in [6.45, 7) is 6.09. The molecule has 2 aliphatic heterocycles. The number of pyridine rings is 1. The first-order valence-electron chi connectivity index (χ1n) is 8.69. The van der Waals surface area contributed by atoms with Crippen LogP contribution in [0.2, 0.25) is 0 Å². The summed E-state index contributed by atoms with van der Waals surface area (Å²) in [5.74, 6) is 1.79. The molecule has 0 aliphatic carbocycles. The maximum Gasteiger partial charge on any atom is 0.231 e. The molecular weight excluding hydrogens is 316 g/mol. The highest BCUT2D eigenvalue weighted by atomic mass is 15.4. The van der Waals surface area contributed by atoms with Gasteiger partial charge in [0, 0.05) is 63.9 Å². The maximum atomic E-state index is 4.35. The van der Waals surface area contributed by atoms with E-state index in [1.54, 1.807) is 12.4 Å². The lowest BCUT2D eigenvalue weighted by Gasteiger charge is -2.48. The fraction of sp³-hybridized carbons (Fsp3) is 0.412. The molecule has 0 unspecified atom stereocenters.